The number of carbonyl (C=O) groups excluding carboxylic acids is 1. The molecule has 0 aliphatic heterocycles. The zero-order chi connectivity index (χ0) is 13.5. The molecule has 1 aromatic rings. The van der Waals surface area contributed by atoms with Gasteiger partial charge in [-0.2, -0.15) is 0 Å². The summed E-state index contributed by atoms with van der Waals surface area (Å²) in [6, 6.07) is 7.62. The van der Waals surface area contributed by atoms with Crippen molar-refractivity contribution in [3.63, 3.8) is 0 Å². The molecule has 0 saturated carbocycles. The molecule has 0 saturated heterocycles. The van der Waals surface area contributed by atoms with Crippen LogP contribution in [0.5, 0.6) is 0 Å². The number of nitrogens with one attached hydrogen (secondary N) is 1. The van der Waals surface area contributed by atoms with Crippen LogP contribution in [0.4, 0.5) is 5.69 Å². The van der Waals surface area contributed by atoms with Gasteiger partial charge in [0.1, 0.15) is 0 Å². The largest absolute Gasteiger partial charge is 0.396 e. The number of aliphatic hydroxyl groups excluding tert-OH is 1. The Morgan fingerprint density at radius 2 is 1.89 bits per heavy atom. The van der Waals surface area contributed by atoms with Gasteiger partial charge in [0, 0.05) is 18.2 Å². The Bertz CT molecular complexity index is 373. The van der Waals surface area contributed by atoms with Crippen molar-refractivity contribution < 1.29 is 9.90 Å². The Hall–Kier alpha value is -1.35. The minimum atomic E-state index is 0.0205. The highest BCUT2D eigenvalue weighted by atomic mass is 16.2. The number of amides is 1. The molecule has 0 aromatic heterocycles. The predicted molar refractivity (Wildman–Crippen MR) is 74.5 cm³/mol. The maximum Gasteiger partial charge on any atom is 0.227 e. The third kappa shape index (κ3) is 4.15. The summed E-state index contributed by atoms with van der Waals surface area (Å²) in [4.78, 5) is 12.0. The highest BCUT2D eigenvalue weighted by molar-refractivity contribution is 5.92. The summed E-state index contributed by atoms with van der Waals surface area (Å²) < 4.78 is 0. The molecule has 0 heterocycles. The van der Waals surface area contributed by atoms with E-state index in [0.29, 0.717) is 12.3 Å². The first kappa shape index (κ1) is 14.7. The minimum Gasteiger partial charge on any atom is -0.396 e. The summed E-state index contributed by atoms with van der Waals surface area (Å²) in [7, 11) is 0. The van der Waals surface area contributed by atoms with E-state index in [1.165, 1.54) is 0 Å². The molecule has 1 amide bonds. The van der Waals surface area contributed by atoms with Gasteiger partial charge in [-0.25, -0.2) is 0 Å². The summed E-state index contributed by atoms with van der Waals surface area (Å²) >= 11 is 0. The summed E-state index contributed by atoms with van der Waals surface area (Å²) in [5.74, 6) is 0.477. The molecule has 2 atom stereocenters. The maximum absolute atomic E-state index is 12.0. The third-order valence-corrected chi connectivity index (χ3v) is 3.53. The van der Waals surface area contributed by atoms with E-state index in [1.807, 2.05) is 31.2 Å². The molecule has 3 heteroatoms. The molecule has 1 aromatic carbocycles. The van der Waals surface area contributed by atoms with E-state index in [9.17, 15) is 4.79 Å². The van der Waals surface area contributed by atoms with Gasteiger partial charge in [-0.05, 0) is 30.0 Å². The van der Waals surface area contributed by atoms with Crippen molar-refractivity contribution in [2.45, 2.75) is 33.6 Å². The fourth-order valence-electron chi connectivity index (χ4n) is 1.75. The summed E-state index contributed by atoms with van der Waals surface area (Å²) in [5, 5.41) is 11.8. The second kappa shape index (κ2) is 7.17. The van der Waals surface area contributed by atoms with Gasteiger partial charge in [0.2, 0.25) is 5.91 Å². The molecule has 0 spiro atoms. The zero-order valence-corrected chi connectivity index (χ0v) is 11.4. The van der Waals surface area contributed by atoms with E-state index >= 15 is 0 Å². The lowest BCUT2D eigenvalue weighted by molar-refractivity contribution is -0.120. The monoisotopic (exact) mass is 249 g/mol. The van der Waals surface area contributed by atoms with Gasteiger partial charge in [0.25, 0.3) is 0 Å². The first-order valence-corrected chi connectivity index (χ1v) is 6.59. The SMILES string of the molecule is CCC(C)C(C)C(=O)Nc1ccc(CCO)cc1. The van der Waals surface area contributed by atoms with Gasteiger partial charge in [-0.15, -0.1) is 0 Å². The lowest BCUT2D eigenvalue weighted by Gasteiger charge is -2.17. The lowest BCUT2D eigenvalue weighted by atomic mass is 9.93. The molecule has 2 unspecified atom stereocenters. The molecule has 0 bridgehead atoms. The molecule has 3 nitrogen and oxygen atoms in total. The van der Waals surface area contributed by atoms with Crippen molar-refractivity contribution in [2.24, 2.45) is 11.8 Å². The van der Waals surface area contributed by atoms with Crippen LogP contribution in [0.15, 0.2) is 24.3 Å². The number of rotatable bonds is 6. The third-order valence-electron chi connectivity index (χ3n) is 3.53. The molecule has 0 aliphatic rings. The summed E-state index contributed by atoms with van der Waals surface area (Å²) in [6.07, 6.45) is 1.65. The van der Waals surface area contributed by atoms with Crippen LogP contribution in [-0.4, -0.2) is 17.6 Å². The van der Waals surface area contributed by atoms with Gasteiger partial charge >= 0.3 is 0 Å². The fourth-order valence-corrected chi connectivity index (χ4v) is 1.75. The van der Waals surface area contributed by atoms with Gasteiger partial charge in [0.05, 0.1) is 0 Å². The Balaban J connectivity index is 2.59. The Labute approximate surface area is 109 Å². The maximum atomic E-state index is 12.0. The second-order valence-corrected chi connectivity index (χ2v) is 4.83. The fraction of sp³-hybridized carbons (Fsp3) is 0.533. The Morgan fingerprint density at radius 3 is 2.39 bits per heavy atom. The molecule has 1 rings (SSSR count). The van der Waals surface area contributed by atoms with Crippen molar-refractivity contribution in [3.8, 4) is 0 Å². The number of benzene rings is 1. The van der Waals surface area contributed by atoms with Gasteiger partial charge in [-0.1, -0.05) is 39.3 Å². The van der Waals surface area contributed by atoms with E-state index in [-0.39, 0.29) is 18.4 Å². The standard InChI is InChI=1S/C15H23NO2/c1-4-11(2)12(3)15(18)16-14-7-5-13(6-8-14)9-10-17/h5-8,11-12,17H,4,9-10H2,1-3H3,(H,16,18). The van der Waals surface area contributed by atoms with Crippen LogP contribution >= 0.6 is 0 Å². The van der Waals surface area contributed by atoms with E-state index in [4.69, 9.17) is 5.11 Å². The van der Waals surface area contributed by atoms with Crippen LogP contribution in [0.2, 0.25) is 0 Å². The van der Waals surface area contributed by atoms with Crippen LogP contribution in [0.3, 0.4) is 0 Å². The molecular weight excluding hydrogens is 226 g/mol. The van der Waals surface area contributed by atoms with Crippen molar-refractivity contribution in [2.75, 3.05) is 11.9 Å². The van der Waals surface area contributed by atoms with E-state index in [1.54, 1.807) is 0 Å². The van der Waals surface area contributed by atoms with Crippen LogP contribution in [0.1, 0.15) is 32.8 Å². The molecule has 0 aliphatic carbocycles. The Morgan fingerprint density at radius 1 is 1.28 bits per heavy atom. The average molecular weight is 249 g/mol. The lowest BCUT2D eigenvalue weighted by Crippen LogP contribution is -2.25. The van der Waals surface area contributed by atoms with Gasteiger partial charge in [-0.3, -0.25) is 4.79 Å². The van der Waals surface area contributed by atoms with Gasteiger partial charge < -0.3 is 10.4 Å². The first-order valence-electron chi connectivity index (χ1n) is 6.59. The summed E-state index contributed by atoms with van der Waals surface area (Å²) in [5.41, 5.74) is 1.89. The highest BCUT2D eigenvalue weighted by Crippen LogP contribution is 2.17. The van der Waals surface area contributed by atoms with Crippen LogP contribution < -0.4 is 5.32 Å². The molecular formula is C15H23NO2. The molecule has 2 N–H and O–H groups in total. The van der Waals surface area contributed by atoms with Crippen molar-refractivity contribution in [1.82, 2.24) is 0 Å². The summed E-state index contributed by atoms with van der Waals surface area (Å²) in [6.45, 7) is 6.30. The number of anilines is 1. The predicted octanol–water partition coefficient (Wildman–Crippen LogP) is 2.84. The number of carbonyl (C=O) groups is 1. The highest BCUT2D eigenvalue weighted by Gasteiger charge is 2.18. The first-order chi connectivity index (χ1) is 8.58. The molecule has 0 fully saturated rings. The van der Waals surface area contributed by atoms with E-state index < -0.39 is 0 Å². The minimum absolute atomic E-state index is 0.0205. The van der Waals surface area contributed by atoms with E-state index in [2.05, 4.69) is 19.2 Å². The second-order valence-electron chi connectivity index (χ2n) is 4.83. The van der Waals surface area contributed by atoms with Crippen molar-refractivity contribution in [3.05, 3.63) is 29.8 Å². The van der Waals surface area contributed by atoms with E-state index in [0.717, 1.165) is 17.7 Å². The van der Waals surface area contributed by atoms with Crippen LogP contribution in [0, 0.1) is 11.8 Å². The number of aliphatic hydroxyl groups is 1. The van der Waals surface area contributed by atoms with Crippen molar-refractivity contribution in [1.29, 1.82) is 0 Å². The number of hydrogen-bond donors (Lipinski definition) is 2. The van der Waals surface area contributed by atoms with Crippen molar-refractivity contribution >= 4 is 11.6 Å². The van der Waals surface area contributed by atoms with Gasteiger partial charge in [0.15, 0.2) is 0 Å². The average Bonchev–Trinajstić information content (AvgIpc) is 2.39. The molecule has 0 radical (unpaired) electrons. The number of hydrogen-bond acceptors (Lipinski definition) is 2. The molecule has 18 heavy (non-hydrogen) atoms. The smallest absolute Gasteiger partial charge is 0.227 e. The Kier molecular flexibility index (Phi) is 5.86. The van der Waals surface area contributed by atoms with Crippen LogP contribution in [0.25, 0.3) is 0 Å². The molecule has 100 valence electrons. The zero-order valence-electron chi connectivity index (χ0n) is 11.4. The normalized spacial score (nSPS) is 14.0. The topological polar surface area (TPSA) is 49.3 Å². The van der Waals surface area contributed by atoms with Crippen LogP contribution in [-0.2, 0) is 11.2 Å². The quantitative estimate of drug-likeness (QED) is 0.814.